The van der Waals surface area contributed by atoms with Crippen LogP contribution < -0.4 is 5.32 Å². The molecule has 3 rings (SSSR count). The van der Waals surface area contributed by atoms with Crippen molar-refractivity contribution in [3.05, 3.63) is 41.7 Å². The number of anilines is 1. The lowest BCUT2D eigenvalue weighted by Crippen LogP contribution is -2.13. The van der Waals surface area contributed by atoms with E-state index in [0.717, 1.165) is 31.6 Å². The molecule has 0 saturated carbocycles. The van der Waals surface area contributed by atoms with Crippen molar-refractivity contribution in [1.29, 1.82) is 0 Å². The fourth-order valence-electron chi connectivity index (χ4n) is 2.66. The van der Waals surface area contributed by atoms with Crippen molar-refractivity contribution in [2.45, 2.75) is 25.2 Å². The van der Waals surface area contributed by atoms with Crippen LogP contribution in [0.15, 0.2) is 36.1 Å². The molecule has 0 amide bonds. The van der Waals surface area contributed by atoms with Gasteiger partial charge in [-0.1, -0.05) is 18.2 Å². The van der Waals surface area contributed by atoms with Crippen molar-refractivity contribution >= 4 is 11.5 Å². The first-order valence-electron chi connectivity index (χ1n) is 6.51. The molecule has 18 heavy (non-hydrogen) atoms. The van der Waals surface area contributed by atoms with Gasteiger partial charge in [-0.05, 0) is 24.5 Å². The number of carbonyl (C=O) groups excluding carboxylic acids is 1. The zero-order chi connectivity index (χ0) is 12.4. The molecule has 94 valence electrons. The van der Waals surface area contributed by atoms with E-state index < -0.39 is 0 Å². The number of carbonyl (C=O) groups is 1. The highest BCUT2D eigenvalue weighted by molar-refractivity contribution is 5.96. The van der Waals surface area contributed by atoms with E-state index in [1.165, 1.54) is 11.3 Å². The number of para-hydroxylation sites is 1. The van der Waals surface area contributed by atoms with Gasteiger partial charge >= 0.3 is 0 Å². The molecular formula is C15H17NO2. The van der Waals surface area contributed by atoms with E-state index >= 15 is 0 Å². The van der Waals surface area contributed by atoms with Gasteiger partial charge in [0, 0.05) is 30.1 Å². The van der Waals surface area contributed by atoms with Crippen LogP contribution in [-0.2, 0) is 9.53 Å². The Morgan fingerprint density at radius 3 is 3.11 bits per heavy atom. The summed E-state index contributed by atoms with van der Waals surface area (Å²) in [6.07, 6.45) is 4.05. The van der Waals surface area contributed by atoms with E-state index in [0.29, 0.717) is 12.3 Å². The van der Waals surface area contributed by atoms with E-state index in [4.69, 9.17) is 4.74 Å². The van der Waals surface area contributed by atoms with Crippen LogP contribution in [0.25, 0.3) is 0 Å². The van der Waals surface area contributed by atoms with E-state index in [1.54, 1.807) is 6.26 Å². The Bertz CT molecular complexity index is 493. The molecule has 3 nitrogen and oxygen atoms in total. The molecule has 0 bridgehead atoms. The van der Waals surface area contributed by atoms with Gasteiger partial charge in [0.05, 0.1) is 12.9 Å². The van der Waals surface area contributed by atoms with Gasteiger partial charge in [0.25, 0.3) is 0 Å². The van der Waals surface area contributed by atoms with Gasteiger partial charge in [-0.2, -0.15) is 0 Å². The molecule has 1 unspecified atom stereocenters. The Kier molecular flexibility index (Phi) is 3.05. The predicted molar refractivity (Wildman–Crippen MR) is 70.6 cm³/mol. The highest BCUT2D eigenvalue weighted by Crippen LogP contribution is 2.34. The van der Waals surface area contributed by atoms with Gasteiger partial charge in [0.1, 0.15) is 0 Å². The van der Waals surface area contributed by atoms with Crippen LogP contribution in [0.5, 0.6) is 0 Å². The standard InChI is InChI=1S/C15H17NO2/c17-15(11-4-3-7-18-10-11)8-12-9-16-14-6-2-1-5-13(12)14/h1-2,5-6,10,12,16H,3-4,7-9H2. The largest absolute Gasteiger partial charge is 0.501 e. The van der Waals surface area contributed by atoms with Crippen LogP contribution in [0.3, 0.4) is 0 Å². The second-order valence-corrected chi connectivity index (χ2v) is 4.91. The number of Topliss-reactive ketones (excluding diaryl/α,β-unsaturated/α-hetero) is 1. The minimum Gasteiger partial charge on any atom is -0.501 e. The smallest absolute Gasteiger partial charge is 0.162 e. The molecule has 3 heteroatoms. The van der Waals surface area contributed by atoms with E-state index in [-0.39, 0.29) is 5.78 Å². The van der Waals surface area contributed by atoms with Gasteiger partial charge in [0.2, 0.25) is 0 Å². The van der Waals surface area contributed by atoms with E-state index in [9.17, 15) is 4.79 Å². The highest BCUT2D eigenvalue weighted by atomic mass is 16.5. The SMILES string of the molecule is O=C(CC1CNc2ccccc21)C1=COCCC1. The number of hydrogen-bond acceptors (Lipinski definition) is 3. The molecule has 0 radical (unpaired) electrons. The Morgan fingerprint density at radius 1 is 1.39 bits per heavy atom. The van der Waals surface area contributed by atoms with Gasteiger partial charge in [0.15, 0.2) is 5.78 Å². The molecule has 1 N–H and O–H groups in total. The Hall–Kier alpha value is -1.77. The summed E-state index contributed by atoms with van der Waals surface area (Å²) in [6, 6.07) is 8.24. The molecule has 1 atom stereocenters. The first kappa shape index (κ1) is 11.3. The van der Waals surface area contributed by atoms with Gasteiger partial charge < -0.3 is 10.1 Å². The first-order chi connectivity index (χ1) is 8.84. The molecule has 0 aromatic heterocycles. The van der Waals surface area contributed by atoms with E-state index in [2.05, 4.69) is 17.4 Å². The first-order valence-corrected chi connectivity index (χ1v) is 6.51. The van der Waals surface area contributed by atoms with Crippen molar-refractivity contribution in [2.75, 3.05) is 18.5 Å². The number of ketones is 1. The second-order valence-electron chi connectivity index (χ2n) is 4.91. The molecule has 1 aromatic carbocycles. The number of fused-ring (bicyclic) bond motifs is 1. The minimum atomic E-state index is 0.234. The van der Waals surface area contributed by atoms with Gasteiger partial charge in [-0.3, -0.25) is 4.79 Å². The molecule has 2 aliphatic heterocycles. The van der Waals surface area contributed by atoms with Crippen molar-refractivity contribution in [3.63, 3.8) is 0 Å². The Labute approximate surface area is 107 Å². The fourth-order valence-corrected chi connectivity index (χ4v) is 2.66. The van der Waals surface area contributed by atoms with Crippen molar-refractivity contribution in [1.82, 2.24) is 0 Å². The molecule has 2 aliphatic rings. The number of rotatable bonds is 3. The zero-order valence-corrected chi connectivity index (χ0v) is 10.3. The summed E-state index contributed by atoms with van der Waals surface area (Å²) in [5.74, 6) is 0.537. The van der Waals surface area contributed by atoms with Crippen LogP contribution in [-0.4, -0.2) is 18.9 Å². The zero-order valence-electron chi connectivity index (χ0n) is 10.3. The molecule has 2 heterocycles. The highest BCUT2D eigenvalue weighted by Gasteiger charge is 2.25. The van der Waals surface area contributed by atoms with Crippen molar-refractivity contribution in [2.24, 2.45) is 0 Å². The molecule has 0 fully saturated rings. The third-order valence-electron chi connectivity index (χ3n) is 3.66. The predicted octanol–water partition coefficient (Wildman–Crippen LogP) is 2.85. The lowest BCUT2D eigenvalue weighted by Gasteiger charge is -2.15. The third kappa shape index (κ3) is 2.13. The molecular weight excluding hydrogens is 226 g/mol. The maximum atomic E-state index is 12.2. The lowest BCUT2D eigenvalue weighted by molar-refractivity contribution is -0.116. The molecule has 0 spiro atoms. The number of benzene rings is 1. The number of hydrogen-bond donors (Lipinski definition) is 1. The summed E-state index contributed by atoms with van der Waals surface area (Å²) in [7, 11) is 0. The molecule has 0 aliphatic carbocycles. The quantitative estimate of drug-likeness (QED) is 0.887. The van der Waals surface area contributed by atoms with Crippen LogP contribution >= 0.6 is 0 Å². The lowest BCUT2D eigenvalue weighted by atomic mass is 9.92. The average molecular weight is 243 g/mol. The van der Waals surface area contributed by atoms with Crippen LogP contribution in [0.2, 0.25) is 0 Å². The Balaban J connectivity index is 1.71. The van der Waals surface area contributed by atoms with Gasteiger partial charge in [-0.25, -0.2) is 0 Å². The van der Waals surface area contributed by atoms with E-state index in [1.807, 2.05) is 12.1 Å². The third-order valence-corrected chi connectivity index (χ3v) is 3.66. The second kappa shape index (κ2) is 4.84. The summed E-state index contributed by atoms with van der Waals surface area (Å²) in [5.41, 5.74) is 3.29. The van der Waals surface area contributed by atoms with Crippen LogP contribution in [0.4, 0.5) is 5.69 Å². The topological polar surface area (TPSA) is 38.3 Å². The van der Waals surface area contributed by atoms with Gasteiger partial charge in [-0.15, -0.1) is 0 Å². The normalized spacial score (nSPS) is 21.6. The summed E-state index contributed by atoms with van der Waals surface area (Å²) in [6.45, 7) is 1.60. The minimum absolute atomic E-state index is 0.234. The molecule has 1 aromatic rings. The maximum Gasteiger partial charge on any atom is 0.162 e. The molecule has 0 saturated heterocycles. The van der Waals surface area contributed by atoms with Crippen LogP contribution in [0.1, 0.15) is 30.7 Å². The monoisotopic (exact) mass is 243 g/mol. The Morgan fingerprint density at radius 2 is 2.28 bits per heavy atom. The van der Waals surface area contributed by atoms with Crippen LogP contribution in [0, 0.1) is 0 Å². The average Bonchev–Trinajstić information content (AvgIpc) is 2.83. The number of ether oxygens (including phenoxy) is 1. The summed E-state index contributed by atoms with van der Waals surface area (Å²) >= 11 is 0. The number of allylic oxidation sites excluding steroid dienone is 1. The fraction of sp³-hybridized carbons (Fsp3) is 0.400. The maximum absolute atomic E-state index is 12.2. The summed E-state index contributed by atoms with van der Waals surface area (Å²) in [4.78, 5) is 12.2. The van der Waals surface area contributed by atoms with Crippen molar-refractivity contribution < 1.29 is 9.53 Å². The summed E-state index contributed by atoms with van der Waals surface area (Å²) in [5, 5.41) is 3.36. The van der Waals surface area contributed by atoms with Crippen molar-refractivity contribution in [3.8, 4) is 0 Å². The summed E-state index contributed by atoms with van der Waals surface area (Å²) < 4.78 is 5.24. The number of nitrogens with one attached hydrogen (secondary N) is 1.